The SMILES string of the molecule is O=C(NC[C@@H]1CCCO1)c1ccc(Cn2cc(Br)cn2)o1. The molecule has 0 bridgehead atoms. The molecule has 6 nitrogen and oxygen atoms in total. The van der Waals surface area contributed by atoms with Gasteiger partial charge in [0.05, 0.1) is 23.3 Å². The van der Waals surface area contributed by atoms with Crippen LogP contribution in [-0.4, -0.2) is 34.9 Å². The number of ether oxygens (including phenoxy) is 1. The summed E-state index contributed by atoms with van der Waals surface area (Å²) in [5.41, 5.74) is 0. The average Bonchev–Trinajstić information content (AvgIpc) is 3.19. The van der Waals surface area contributed by atoms with Crippen molar-refractivity contribution in [2.75, 3.05) is 13.2 Å². The molecule has 0 radical (unpaired) electrons. The van der Waals surface area contributed by atoms with Crippen molar-refractivity contribution in [1.29, 1.82) is 0 Å². The van der Waals surface area contributed by atoms with Crippen LogP contribution >= 0.6 is 15.9 Å². The molecule has 1 saturated heterocycles. The van der Waals surface area contributed by atoms with E-state index in [9.17, 15) is 4.79 Å². The van der Waals surface area contributed by atoms with Gasteiger partial charge in [0.1, 0.15) is 5.76 Å². The van der Waals surface area contributed by atoms with Crippen LogP contribution in [-0.2, 0) is 11.3 Å². The third kappa shape index (κ3) is 3.74. The van der Waals surface area contributed by atoms with E-state index in [-0.39, 0.29) is 12.0 Å². The molecule has 0 unspecified atom stereocenters. The van der Waals surface area contributed by atoms with Crippen LogP contribution < -0.4 is 5.32 Å². The summed E-state index contributed by atoms with van der Waals surface area (Å²) in [5.74, 6) is 0.792. The van der Waals surface area contributed by atoms with Crippen LogP contribution in [0.3, 0.4) is 0 Å². The zero-order chi connectivity index (χ0) is 14.7. The average molecular weight is 354 g/mol. The lowest BCUT2D eigenvalue weighted by Crippen LogP contribution is -2.31. The minimum absolute atomic E-state index is 0.129. The number of halogens is 1. The number of carbonyl (C=O) groups excluding carboxylic acids is 1. The van der Waals surface area contributed by atoms with E-state index < -0.39 is 0 Å². The number of amides is 1. The zero-order valence-electron chi connectivity index (χ0n) is 11.4. The van der Waals surface area contributed by atoms with Crippen LogP contribution in [0.15, 0.2) is 33.4 Å². The third-order valence-electron chi connectivity index (χ3n) is 3.32. The van der Waals surface area contributed by atoms with E-state index in [0.717, 1.165) is 23.9 Å². The molecule has 1 fully saturated rings. The van der Waals surface area contributed by atoms with Crippen LogP contribution in [0.4, 0.5) is 0 Å². The van der Waals surface area contributed by atoms with Gasteiger partial charge in [0.25, 0.3) is 5.91 Å². The summed E-state index contributed by atoms with van der Waals surface area (Å²) in [7, 11) is 0. The van der Waals surface area contributed by atoms with Gasteiger partial charge in [-0.25, -0.2) is 0 Å². The van der Waals surface area contributed by atoms with Crippen LogP contribution in [0, 0.1) is 0 Å². The molecule has 21 heavy (non-hydrogen) atoms. The van der Waals surface area contributed by atoms with Gasteiger partial charge >= 0.3 is 0 Å². The fraction of sp³-hybridized carbons (Fsp3) is 0.429. The van der Waals surface area contributed by atoms with Crippen LogP contribution in [0.1, 0.15) is 29.2 Å². The van der Waals surface area contributed by atoms with Crippen LogP contribution in [0.2, 0.25) is 0 Å². The molecule has 1 aliphatic heterocycles. The van der Waals surface area contributed by atoms with Gasteiger partial charge in [-0.3, -0.25) is 9.48 Å². The Morgan fingerprint density at radius 2 is 2.43 bits per heavy atom. The number of hydrogen-bond donors (Lipinski definition) is 1. The van der Waals surface area contributed by atoms with Crippen molar-refractivity contribution >= 4 is 21.8 Å². The standard InChI is InChI=1S/C14H16BrN3O3/c15-10-6-17-18(8-10)9-12-3-4-13(21-12)14(19)16-7-11-2-1-5-20-11/h3-4,6,8,11H,1-2,5,7,9H2,(H,16,19)/t11-/m0/s1. The quantitative estimate of drug-likeness (QED) is 0.894. The molecule has 1 aliphatic rings. The highest BCUT2D eigenvalue weighted by Gasteiger charge is 2.18. The Labute approximate surface area is 130 Å². The maximum Gasteiger partial charge on any atom is 0.287 e. The first kappa shape index (κ1) is 14.3. The Kier molecular flexibility index (Phi) is 4.40. The Balaban J connectivity index is 1.54. The number of rotatable bonds is 5. The van der Waals surface area contributed by atoms with Crippen molar-refractivity contribution in [3.05, 3.63) is 40.5 Å². The summed E-state index contributed by atoms with van der Waals surface area (Å²) in [6.45, 7) is 1.80. The summed E-state index contributed by atoms with van der Waals surface area (Å²) in [4.78, 5) is 12.0. The number of nitrogens with one attached hydrogen (secondary N) is 1. The fourth-order valence-corrected chi connectivity index (χ4v) is 2.60. The van der Waals surface area contributed by atoms with Gasteiger partial charge < -0.3 is 14.5 Å². The summed E-state index contributed by atoms with van der Waals surface area (Å²) in [5, 5.41) is 6.98. The first-order valence-corrected chi connectivity index (χ1v) is 7.66. The number of furan rings is 1. The van der Waals surface area contributed by atoms with Gasteiger partial charge in [0.2, 0.25) is 0 Å². The van der Waals surface area contributed by atoms with Crippen LogP contribution in [0.25, 0.3) is 0 Å². The molecule has 1 atom stereocenters. The molecule has 0 aliphatic carbocycles. The smallest absolute Gasteiger partial charge is 0.287 e. The zero-order valence-corrected chi connectivity index (χ0v) is 13.0. The first-order chi connectivity index (χ1) is 10.2. The maximum atomic E-state index is 12.0. The van der Waals surface area contributed by atoms with E-state index in [2.05, 4.69) is 26.3 Å². The summed E-state index contributed by atoms with van der Waals surface area (Å²) in [6.07, 6.45) is 5.74. The molecule has 0 saturated carbocycles. The third-order valence-corrected chi connectivity index (χ3v) is 3.73. The van der Waals surface area contributed by atoms with Crippen LogP contribution in [0.5, 0.6) is 0 Å². The second kappa shape index (κ2) is 6.44. The maximum absolute atomic E-state index is 12.0. The molecule has 3 heterocycles. The molecule has 0 aromatic carbocycles. The van der Waals surface area contributed by atoms with Gasteiger partial charge in [-0.05, 0) is 40.9 Å². The van der Waals surface area contributed by atoms with Gasteiger partial charge in [-0.15, -0.1) is 0 Å². The molecule has 1 N–H and O–H groups in total. The van der Waals surface area contributed by atoms with E-state index in [1.807, 2.05) is 6.20 Å². The van der Waals surface area contributed by atoms with E-state index in [0.29, 0.717) is 24.6 Å². The molecule has 0 spiro atoms. The molecule has 7 heteroatoms. The number of hydrogen-bond acceptors (Lipinski definition) is 4. The largest absolute Gasteiger partial charge is 0.454 e. The van der Waals surface area contributed by atoms with Gasteiger partial charge in [-0.2, -0.15) is 5.10 Å². The van der Waals surface area contributed by atoms with Crippen molar-refractivity contribution < 1.29 is 13.9 Å². The molecular formula is C14H16BrN3O3. The fourth-order valence-electron chi connectivity index (χ4n) is 2.27. The Hall–Kier alpha value is -1.60. The summed E-state index contributed by atoms with van der Waals surface area (Å²) in [6, 6.07) is 3.47. The van der Waals surface area contributed by atoms with Crippen molar-refractivity contribution in [3.8, 4) is 0 Å². The molecule has 2 aromatic heterocycles. The monoisotopic (exact) mass is 353 g/mol. The highest BCUT2D eigenvalue weighted by molar-refractivity contribution is 9.10. The van der Waals surface area contributed by atoms with Gasteiger partial charge in [-0.1, -0.05) is 0 Å². The molecule has 3 rings (SSSR count). The van der Waals surface area contributed by atoms with Crippen molar-refractivity contribution in [2.24, 2.45) is 0 Å². The molecule has 112 valence electrons. The predicted octanol–water partition coefficient (Wildman–Crippen LogP) is 2.20. The number of nitrogens with zero attached hydrogens (tertiary/aromatic N) is 2. The van der Waals surface area contributed by atoms with Gasteiger partial charge in [0.15, 0.2) is 5.76 Å². The Bertz CT molecular complexity index is 617. The van der Waals surface area contributed by atoms with E-state index in [1.165, 1.54) is 0 Å². The summed E-state index contributed by atoms with van der Waals surface area (Å²) < 4.78 is 13.6. The minimum atomic E-state index is -0.210. The lowest BCUT2D eigenvalue weighted by molar-refractivity contribution is 0.0833. The van der Waals surface area contributed by atoms with E-state index in [4.69, 9.17) is 9.15 Å². The number of aromatic nitrogens is 2. The highest BCUT2D eigenvalue weighted by Crippen LogP contribution is 2.13. The van der Waals surface area contributed by atoms with E-state index >= 15 is 0 Å². The van der Waals surface area contributed by atoms with Crippen molar-refractivity contribution in [1.82, 2.24) is 15.1 Å². The lowest BCUT2D eigenvalue weighted by atomic mass is 10.2. The minimum Gasteiger partial charge on any atom is -0.454 e. The second-order valence-electron chi connectivity index (χ2n) is 4.97. The predicted molar refractivity (Wildman–Crippen MR) is 79.0 cm³/mol. The summed E-state index contributed by atoms with van der Waals surface area (Å²) >= 11 is 3.34. The first-order valence-electron chi connectivity index (χ1n) is 6.87. The van der Waals surface area contributed by atoms with Gasteiger partial charge in [0, 0.05) is 19.3 Å². The second-order valence-corrected chi connectivity index (χ2v) is 5.88. The highest BCUT2D eigenvalue weighted by atomic mass is 79.9. The number of carbonyl (C=O) groups is 1. The lowest BCUT2D eigenvalue weighted by Gasteiger charge is -2.09. The topological polar surface area (TPSA) is 69.3 Å². The van der Waals surface area contributed by atoms with Crippen molar-refractivity contribution in [2.45, 2.75) is 25.5 Å². The molecule has 2 aromatic rings. The van der Waals surface area contributed by atoms with E-state index in [1.54, 1.807) is 23.0 Å². The Morgan fingerprint density at radius 3 is 3.14 bits per heavy atom. The van der Waals surface area contributed by atoms with Crippen molar-refractivity contribution in [3.63, 3.8) is 0 Å². The molecule has 1 amide bonds. The molecular weight excluding hydrogens is 338 g/mol. The Morgan fingerprint density at radius 1 is 1.52 bits per heavy atom. The normalized spacial score (nSPS) is 18.0.